The van der Waals surface area contributed by atoms with Gasteiger partial charge in [-0.2, -0.15) is 0 Å². The largest absolute Gasteiger partial charge is 0.376 e. The second kappa shape index (κ2) is 5.98. The standard InChI is InChI=1S/C16H20N2O2S2/c1-2-21-16-17-14-13(11-6-3-7-12(11)22-14)15(19)18(16)9-10-5-4-8-20-10/h10H,2-9H2,1H3/t10-/m0/s1. The van der Waals surface area contributed by atoms with Crippen molar-refractivity contribution in [1.82, 2.24) is 9.55 Å². The second-order valence-electron chi connectivity index (χ2n) is 5.92. The number of rotatable bonds is 4. The number of aromatic nitrogens is 2. The highest BCUT2D eigenvalue weighted by Gasteiger charge is 2.25. The molecule has 0 amide bonds. The summed E-state index contributed by atoms with van der Waals surface area (Å²) in [7, 11) is 0. The Morgan fingerprint density at radius 3 is 3.09 bits per heavy atom. The van der Waals surface area contributed by atoms with E-state index < -0.39 is 0 Å². The van der Waals surface area contributed by atoms with E-state index in [1.54, 1.807) is 23.1 Å². The summed E-state index contributed by atoms with van der Waals surface area (Å²) in [5, 5.41) is 1.74. The van der Waals surface area contributed by atoms with Crippen molar-refractivity contribution in [2.75, 3.05) is 12.4 Å². The van der Waals surface area contributed by atoms with E-state index in [-0.39, 0.29) is 11.7 Å². The zero-order chi connectivity index (χ0) is 15.1. The summed E-state index contributed by atoms with van der Waals surface area (Å²) in [5.41, 5.74) is 1.42. The monoisotopic (exact) mass is 336 g/mol. The number of fused-ring (bicyclic) bond motifs is 3. The van der Waals surface area contributed by atoms with Crippen molar-refractivity contribution in [1.29, 1.82) is 0 Å². The van der Waals surface area contributed by atoms with Gasteiger partial charge >= 0.3 is 0 Å². The quantitative estimate of drug-likeness (QED) is 0.635. The summed E-state index contributed by atoms with van der Waals surface area (Å²) in [6.07, 6.45) is 5.62. The fraction of sp³-hybridized carbons (Fsp3) is 0.625. The number of thioether (sulfide) groups is 1. The lowest BCUT2D eigenvalue weighted by Crippen LogP contribution is -2.28. The summed E-state index contributed by atoms with van der Waals surface area (Å²) in [6, 6.07) is 0. The van der Waals surface area contributed by atoms with Gasteiger partial charge in [0.2, 0.25) is 0 Å². The van der Waals surface area contributed by atoms with Gasteiger partial charge in [-0.15, -0.1) is 11.3 Å². The number of nitrogens with zero attached hydrogens (tertiary/aromatic N) is 2. The van der Waals surface area contributed by atoms with Crippen LogP contribution in [0.1, 0.15) is 36.6 Å². The molecule has 0 spiro atoms. The number of hydrogen-bond acceptors (Lipinski definition) is 5. The predicted molar refractivity (Wildman–Crippen MR) is 91.3 cm³/mol. The van der Waals surface area contributed by atoms with Crippen LogP contribution in [-0.4, -0.2) is 28.0 Å². The van der Waals surface area contributed by atoms with E-state index in [0.717, 1.165) is 53.4 Å². The van der Waals surface area contributed by atoms with Crippen LogP contribution in [-0.2, 0) is 24.1 Å². The third-order valence-electron chi connectivity index (χ3n) is 4.47. The Bertz CT molecular complexity index is 760. The first-order chi connectivity index (χ1) is 10.8. The Morgan fingerprint density at radius 2 is 2.32 bits per heavy atom. The van der Waals surface area contributed by atoms with Gasteiger partial charge in [-0.1, -0.05) is 18.7 Å². The molecule has 4 nitrogen and oxygen atoms in total. The molecule has 6 heteroatoms. The van der Waals surface area contributed by atoms with Crippen molar-refractivity contribution in [3.8, 4) is 0 Å². The van der Waals surface area contributed by atoms with Gasteiger partial charge in [0.05, 0.1) is 18.0 Å². The number of thiophene rings is 1. The molecule has 0 unspecified atom stereocenters. The normalized spacial score (nSPS) is 20.9. The van der Waals surface area contributed by atoms with Gasteiger partial charge < -0.3 is 4.74 Å². The molecule has 0 aromatic carbocycles. The molecule has 1 aliphatic carbocycles. The zero-order valence-electron chi connectivity index (χ0n) is 12.8. The van der Waals surface area contributed by atoms with E-state index in [9.17, 15) is 4.79 Å². The van der Waals surface area contributed by atoms with Crippen LogP contribution < -0.4 is 5.56 Å². The Labute approximate surface area is 137 Å². The first-order valence-electron chi connectivity index (χ1n) is 8.07. The van der Waals surface area contributed by atoms with E-state index in [4.69, 9.17) is 9.72 Å². The molecule has 1 aliphatic heterocycles. The maximum Gasteiger partial charge on any atom is 0.263 e. The Kier molecular flexibility index (Phi) is 4.00. The average molecular weight is 336 g/mol. The molecule has 1 saturated heterocycles. The number of ether oxygens (including phenoxy) is 1. The molecule has 118 valence electrons. The van der Waals surface area contributed by atoms with E-state index in [1.807, 2.05) is 4.57 Å². The topological polar surface area (TPSA) is 44.1 Å². The van der Waals surface area contributed by atoms with E-state index in [1.165, 1.54) is 16.9 Å². The highest BCUT2D eigenvalue weighted by Crippen LogP contribution is 2.35. The first kappa shape index (κ1) is 14.7. The number of hydrogen-bond donors (Lipinski definition) is 0. The predicted octanol–water partition coefficient (Wildman–Crippen LogP) is 3.24. The second-order valence-corrected chi connectivity index (χ2v) is 8.23. The molecule has 1 atom stereocenters. The number of aryl methyl sites for hydroxylation is 2. The van der Waals surface area contributed by atoms with Crippen LogP contribution in [0, 0.1) is 0 Å². The maximum atomic E-state index is 13.1. The highest BCUT2D eigenvalue weighted by atomic mass is 32.2. The van der Waals surface area contributed by atoms with Gasteiger partial charge in [-0.3, -0.25) is 9.36 Å². The molecule has 0 N–H and O–H groups in total. The minimum atomic E-state index is 0.149. The van der Waals surface area contributed by atoms with Crippen LogP contribution >= 0.6 is 23.1 Å². The summed E-state index contributed by atoms with van der Waals surface area (Å²) >= 11 is 3.38. The molecule has 3 heterocycles. The molecule has 0 bridgehead atoms. The molecule has 2 aromatic heterocycles. The van der Waals surface area contributed by atoms with Crippen molar-refractivity contribution in [3.05, 3.63) is 20.8 Å². The van der Waals surface area contributed by atoms with Crippen molar-refractivity contribution in [2.45, 2.75) is 56.8 Å². The third-order valence-corrected chi connectivity index (χ3v) is 6.52. The molecule has 4 rings (SSSR count). The molecule has 0 radical (unpaired) electrons. The van der Waals surface area contributed by atoms with E-state index >= 15 is 0 Å². The van der Waals surface area contributed by atoms with Gasteiger partial charge in [0.1, 0.15) is 4.83 Å². The fourth-order valence-corrected chi connectivity index (χ4v) is 5.49. The van der Waals surface area contributed by atoms with Crippen LogP contribution in [0.2, 0.25) is 0 Å². The summed E-state index contributed by atoms with van der Waals surface area (Å²) in [4.78, 5) is 20.2. The van der Waals surface area contributed by atoms with Gasteiger partial charge in [0.25, 0.3) is 5.56 Å². The van der Waals surface area contributed by atoms with E-state index in [2.05, 4.69) is 6.92 Å². The van der Waals surface area contributed by atoms with Gasteiger partial charge in [0.15, 0.2) is 5.16 Å². The third kappa shape index (κ3) is 2.41. The molecule has 0 saturated carbocycles. The smallest absolute Gasteiger partial charge is 0.263 e. The molecular weight excluding hydrogens is 316 g/mol. The van der Waals surface area contributed by atoms with Crippen molar-refractivity contribution in [3.63, 3.8) is 0 Å². The summed E-state index contributed by atoms with van der Waals surface area (Å²) in [6.45, 7) is 3.57. The first-order valence-corrected chi connectivity index (χ1v) is 9.87. The van der Waals surface area contributed by atoms with Crippen LogP contribution in [0.15, 0.2) is 9.95 Å². The molecule has 2 aromatic rings. The lowest BCUT2D eigenvalue weighted by molar-refractivity contribution is 0.0937. The van der Waals surface area contributed by atoms with Crippen LogP contribution in [0.4, 0.5) is 0 Å². The Hall–Kier alpha value is -0.850. The Morgan fingerprint density at radius 1 is 1.41 bits per heavy atom. The average Bonchev–Trinajstić information content (AvgIpc) is 3.19. The van der Waals surface area contributed by atoms with Gasteiger partial charge in [0, 0.05) is 11.5 Å². The maximum absolute atomic E-state index is 13.1. The van der Waals surface area contributed by atoms with Crippen LogP contribution in [0.25, 0.3) is 10.2 Å². The van der Waals surface area contributed by atoms with Crippen LogP contribution in [0.3, 0.4) is 0 Å². The summed E-state index contributed by atoms with van der Waals surface area (Å²) in [5.74, 6) is 0.925. The SMILES string of the molecule is CCSc1nc2sc3c(c2c(=O)n1C[C@@H]1CCCO1)CCC3. The van der Waals surface area contributed by atoms with Gasteiger partial charge in [-0.05, 0) is 43.4 Å². The highest BCUT2D eigenvalue weighted by molar-refractivity contribution is 7.99. The molecule has 1 fully saturated rings. The molecule has 22 heavy (non-hydrogen) atoms. The minimum Gasteiger partial charge on any atom is -0.376 e. The Balaban J connectivity index is 1.85. The summed E-state index contributed by atoms with van der Waals surface area (Å²) < 4.78 is 7.61. The van der Waals surface area contributed by atoms with Crippen molar-refractivity contribution in [2.24, 2.45) is 0 Å². The van der Waals surface area contributed by atoms with Crippen molar-refractivity contribution < 1.29 is 4.74 Å². The zero-order valence-corrected chi connectivity index (χ0v) is 14.4. The van der Waals surface area contributed by atoms with Gasteiger partial charge in [-0.25, -0.2) is 4.98 Å². The molecular formula is C16H20N2O2S2. The lowest BCUT2D eigenvalue weighted by Gasteiger charge is -2.15. The van der Waals surface area contributed by atoms with Crippen LogP contribution in [0.5, 0.6) is 0 Å². The molecule has 2 aliphatic rings. The lowest BCUT2D eigenvalue weighted by atomic mass is 10.2. The minimum absolute atomic E-state index is 0.149. The van der Waals surface area contributed by atoms with E-state index in [0.29, 0.717) is 6.54 Å². The van der Waals surface area contributed by atoms with Crippen molar-refractivity contribution >= 4 is 33.3 Å². The fourth-order valence-electron chi connectivity index (χ4n) is 3.45.